The van der Waals surface area contributed by atoms with Crippen LogP contribution in [0.2, 0.25) is 0 Å². The molecule has 0 aliphatic heterocycles. The molecule has 1 rings (SSSR count). The molecule has 0 aliphatic rings. The maximum atomic E-state index is 11.8. The van der Waals surface area contributed by atoms with Crippen molar-refractivity contribution < 1.29 is 9.59 Å². The zero-order valence-electron chi connectivity index (χ0n) is 11.2. The number of hydrogen-bond acceptors (Lipinski definition) is 4. The van der Waals surface area contributed by atoms with Crippen molar-refractivity contribution in [2.24, 2.45) is 0 Å². The van der Waals surface area contributed by atoms with Gasteiger partial charge in [0.1, 0.15) is 0 Å². The Morgan fingerprint density at radius 1 is 1.32 bits per heavy atom. The molecule has 0 saturated heterocycles. The van der Waals surface area contributed by atoms with Gasteiger partial charge in [0.25, 0.3) is 5.91 Å². The molecule has 0 atom stereocenters. The summed E-state index contributed by atoms with van der Waals surface area (Å²) in [5.74, 6) is 0.512. The summed E-state index contributed by atoms with van der Waals surface area (Å²) in [5.41, 5.74) is 6.64. The van der Waals surface area contributed by atoms with Crippen LogP contribution in [0.1, 0.15) is 10.4 Å². The van der Waals surface area contributed by atoms with Crippen molar-refractivity contribution >= 4 is 29.3 Å². The zero-order valence-corrected chi connectivity index (χ0v) is 12.0. The van der Waals surface area contributed by atoms with E-state index in [1.807, 2.05) is 6.26 Å². The predicted octanol–water partition coefficient (Wildman–Crippen LogP) is 0.820. The summed E-state index contributed by atoms with van der Waals surface area (Å²) >= 11 is 1.68. The largest absolute Gasteiger partial charge is 0.399 e. The van der Waals surface area contributed by atoms with Crippen LogP contribution in [0.4, 0.5) is 5.69 Å². The van der Waals surface area contributed by atoms with Gasteiger partial charge in [-0.05, 0) is 30.5 Å². The highest BCUT2D eigenvalue weighted by atomic mass is 32.2. The molecule has 1 aromatic rings. The topological polar surface area (TPSA) is 75.4 Å². The SMILES string of the molecule is CSCCN(C)C(=O)CNC(=O)c1ccc(N)cc1. The van der Waals surface area contributed by atoms with Crippen LogP contribution in [0.3, 0.4) is 0 Å². The number of nitrogens with zero attached hydrogens (tertiary/aromatic N) is 1. The van der Waals surface area contributed by atoms with E-state index in [9.17, 15) is 9.59 Å². The van der Waals surface area contributed by atoms with Gasteiger partial charge in [-0.1, -0.05) is 0 Å². The van der Waals surface area contributed by atoms with Crippen molar-refractivity contribution in [3.63, 3.8) is 0 Å². The van der Waals surface area contributed by atoms with Crippen molar-refractivity contribution in [3.8, 4) is 0 Å². The lowest BCUT2D eigenvalue weighted by Gasteiger charge is -2.16. The van der Waals surface area contributed by atoms with Gasteiger partial charge in [0, 0.05) is 30.6 Å². The molecule has 0 saturated carbocycles. The fourth-order valence-electron chi connectivity index (χ4n) is 1.38. The van der Waals surface area contributed by atoms with Gasteiger partial charge in [-0.2, -0.15) is 11.8 Å². The molecule has 0 aliphatic carbocycles. The molecule has 0 fully saturated rings. The number of carbonyl (C=O) groups is 2. The summed E-state index contributed by atoms with van der Waals surface area (Å²) in [4.78, 5) is 25.1. The van der Waals surface area contributed by atoms with E-state index < -0.39 is 0 Å². The lowest BCUT2D eigenvalue weighted by molar-refractivity contribution is -0.128. The van der Waals surface area contributed by atoms with E-state index >= 15 is 0 Å². The van der Waals surface area contributed by atoms with E-state index in [1.165, 1.54) is 0 Å². The van der Waals surface area contributed by atoms with Gasteiger partial charge in [-0.25, -0.2) is 0 Å². The number of carbonyl (C=O) groups excluding carboxylic acids is 2. The maximum absolute atomic E-state index is 11.8. The number of anilines is 1. The molecule has 6 heteroatoms. The first-order valence-corrected chi connectivity index (χ1v) is 7.30. The zero-order chi connectivity index (χ0) is 14.3. The normalized spacial score (nSPS) is 10.0. The first-order chi connectivity index (χ1) is 9.04. The van der Waals surface area contributed by atoms with Crippen LogP contribution in [-0.2, 0) is 4.79 Å². The Morgan fingerprint density at radius 3 is 2.53 bits per heavy atom. The number of amides is 2. The summed E-state index contributed by atoms with van der Waals surface area (Å²) in [5, 5.41) is 2.60. The third-order valence-corrected chi connectivity index (χ3v) is 3.22. The molecule has 0 aromatic heterocycles. The van der Waals surface area contributed by atoms with Crippen LogP contribution in [0.15, 0.2) is 24.3 Å². The highest BCUT2D eigenvalue weighted by Gasteiger charge is 2.11. The number of thioether (sulfide) groups is 1. The standard InChI is InChI=1S/C13H19N3O2S/c1-16(7-8-19-2)12(17)9-15-13(18)10-3-5-11(14)6-4-10/h3-6H,7-9,14H2,1-2H3,(H,15,18). The number of nitrogen functional groups attached to an aromatic ring is 1. The Hall–Kier alpha value is -1.69. The molecule has 0 unspecified atom stereocenters. The predicted molar refractivity (Wildman–Crippen MR) is 79.2 cm³/mol. The van der Waals surface area contributed by atoms with E-state index in [0.717, 1.165) is 5.75 Å². The summed E-state index contributed by atoms with van der Waals surface area (Å²) in [6.07, 6.45) is 1.99. The lowest BCUT2D eigenvalue weighted by atomic mass is 10.2. The van der Waals surface area contributed by atoms with Gasteiger partial charge in [-0.3, -0.25) is 9.59 Å². The van der Waals surface area contributed by atoms with Gasteiger partial charge in [-0.15, -0.1) is 0 Å². The van der Waals surface area contributed by atoms with Crippen LogP contribution in [0, 0.1) is 0 Å². The van der Waals surface area contributed by atoms with Gasteiger partial charge >= 0.3 is 0 Å². The lowest BCUT2D eigenvalue weighted by Crippen LogP contribution is -2.39. The minimum absolute atomic E-state index is 0.00803. The van der Waals surface area contributed by atoms with Crippen LogP contribution in [0.5, 0.6) is 0 Å². The molecular formula is C13H19N3O2S. The molecule has 0 radical (unpaired) electrons. The van der Waals surface area contributed by atoms with Gasteiger partial charge < -0.3 is 16.0 Å². The van der Waals surface area contributed by atoms with E-state index in [4.69, 9.17) is 5.73 Å². The Kier molecular flexibility index (Phi) is 6.21. The summed E-state index contributed by atoms with van der Waals surface area (Å²) in [6, 6.07) is 6.57. The Bertz CT molecular complexity index is 434. The Morgan fingerprint density at radius 2 is 1.95 bits per heavy atom. The molecule has 0 bridgehead atoms. The van der Waals surface area contributed by atoms with E-state index in [2.05, 4.69) is 5.32 Å². The number of rotatable bonds is 6. The molecule has 19 heavy (non-hydrogen) atoms. The minimum atomic E-state index is -0.272. The molecule has 104 valence electrons. The molecule has 2 amide bonds. The molecular weight excluding hydrogens is 262 g/mol. The number of nitrogens with one attached hydrogen (secondary N) is 1. The molecule has 1 aromatic carbocycles. The second kappa shape index (κ2) is 7.68. The van der Waals surface area contributed by atoms with Crippen LogP contribution in [-0.4, -0.2) is 48.9 Å². The van der Waals surface area contributed by atoms with Crippen LogP contribution < -0.4 is 11.1 Å². The van der Waals surface area contributed by atoms with Crippen molar-refractivity contribution in [2.75, 3.05) is 37.9 Å². The van der Waals surface area contributed by atoms with Crippen molar-refractivity contribution in [3.05, 3.63) is 29.8 Å². The minimum Gasteiger partial charge on any atom is -0.399 e. The summed E-state index contributed by atoms with van der Waals surface area (Å²) < 4.78 is 0. The average molecular weight is 281 g/mol. The Balaban J connectivity index is 2.41. The first kappa shape index (κ1) is 15.4. The highest BCUT2D eigenvalue weighted by molar-refractivity contribution is 7.98. The van der Waals surface area contributed by atoms with Gasteiger partial charge in [0.15, 0.2) is 0 Å². The van der Waals surface area contributed by atoms with Crippen LogP contribution >= 0.6 is 11.8 Å². The highest BCUT2D eigenvalue weighted by Crippen LogP contribution is 2.05. The molecule has 0 spiro atoms. The van der Waals surface area contributed by atoms with Gasteiger partial charge in [0.05, 0.1) is 6.54 Å². The second-order valence-electron chi connectivity index (χ2n) is 4.11. The molecule has 3 N–H and O–H groups in total. The van der Waals surface area contributed by atoms with Crippen molar-refractivity contribution in [2.45, 2.75) is 0 Å². The monoisotopic (exact) mass is 281 g/mol. The third kappa shape index (κ3) is 5.21. The molecule has 0 heterocycles. The van der Waals surface area contributed by atoms with E-state index in [1.54, 1.807) is 48.0 Å². The van der Waals surface area contributed by atoms with E-state index in [-0.39, 0.29) is 18.4 Å². The fourth-order valence-corrected chi connectivity index (χ4v) is 1.84. The Labute approximate surface area is 117 Å². The summed E-state index contributed by atoms with van der Waals surface area (Å²) in [7, 11) is 1.73. The number of benzene rings is 1. The van der Waals surface area contributed by atoms with Crippen molar-refractivity contribution in [1.82, 2.24) is 10.2 Å². The summed E-state index contributed by atoms with van der Waals surface area (Å²) in [6.45, 7) is 0.686. The smallest absolute Gasteiger partial charge is 0.251 e. The fraction of sp³-hybridized carbons (Fsp3) is 0.385. The average Bonchev–Trinajstić information content (AvgIpc) is 2.42. The number of nitrogens with two attached hydrogens (primary N) is 1. The number of hydrogen-bond donors (Lipinski definition) is 2. The second-order valence-corrected chi connectivity index (χ2v) is 5.10. The van der Waals surface area contributed by atoms with Gasteiger partial charge in [0.2, 0.25) is 5.91 Å². The van der Waals surface area contributed by atoms with Crippen molar-refractivity contribution in [1.29, 1.82) is 0 Å². The number of likely N-dealkylation sites (N-methyl/N-ethyl adjacent to an activating group) is 1. The quantitative estimate of drug-likeness (QED) is 0.757. The van der Waals surface area contributed by atoms with E-state index in [0.29, 0.717) is 17.8 Å². The molecule has 5 nitrogen and oxygen atoms in total. The third-order valence-electron chi connectivity index (χ3n) is 2.63. The van der Waals surface area contributed by atoms with Crippen LogP contribution in [0.25, 0.3) is 0 Å². The first-order valence-electron chi connectivity index (χ1n) is 5.91. The maximum Gasteiger partial charge on any atom is 0.251 e.